The molecule has 88 valence electrons. The van der Waals surface area contributed by atoms with Crippen molar-refractivity contribution < 1.29 is 14.4 Å². The molecule has 0 saturated carbocycles. The van der Waals surface area contributed by atoms with Crippen LogP contribution in [-0.4, -0.2) is 19.3 Å². The molecule has 1 aromatic heterocycles. The third-order valence-electron chi connectivity index (χ3n) is 1.73. The average Bonchev–Trinajstić information content (AvgIpc) is 2.13. The van der Waals surface area contributed by atoms with Crippen molar-refractivity contribution >= 4 is 13.4 Å². The second-order valence-corrected chi connectivity index (χ2v) is 4.57. The lowest BCUT2D eigenvalue weighted by Gasteiger charge is -2.02. The molecular formula is C8H12N3O4P. The molecule has 1 aromatic rings. The van der Waals surface area contributed by atoms with Crippen molar-refractivity contribution in [2.24, 2.45) is 0 Å². The van der Waals surface area contributed by atoms with Crippen LogP contribution in [-0.2, 0) is 11.1 Å². The Balaban J connectivity index is 2.59. The Labute approximate surface area is 91.4 Å². The third kappa shape index (κ3) is 4.39. The Morgan fingerprint density at radius 3 is 2.81 bits per heavy atom. The molecule has 4 N–H and O–H groups in total. The number of nitrogens with zero attached hydrogens (tertiary/aromatic N) is 2. The van der Waals surface area contributed by atoms with E-state index in [0.29, 0.717) is 13.0 Å². The molecular weight excluding hydrogens is 233 g/mol. The SMILES string of the molecule is Nc1ccn(CCC=CP(=O)(O)O)c(=O)n1. The van der Waals surface area contributed by atoms with Crippen molar-refractivity contribution in [3.05, 3.63) is 34.6 Å². The summed E-state index contributed by atoms with van der Waals surface area (Å²) in [5.41, 5.74) is 4.82. The van der Waals surface area contributed by atoms with Crippen LogP contribution in [0.4, 0.5) is 5.82 Å². The van der Waals surface area contributed by atoms with Crippen LogP contribution in [0.3, 0.4) is 0 Å². The highest BCUT2D eigenvalue weighted by Crippen LogP contribution is 2.35. The Kier molecular flexibility index (Phi) is 4.00. The van der Waals surface area contributed by atoms with Gasteiger partial charge in [0, 0.05) is 18.6 Å². The molecule has 0 unspecified atom stereocenters. The molecule has 0 bridgehead atoms. The van der Waals surface area contributed by atoms with Gasteiger partial charge < -0.3 is 15.5 Å². The Morgan fingerprint density at radius 2 is 2.25 bits per heavy atom. The predicted molar refractivity (Wildman–Crippen MR) is 58.7 cm³/mol. The molecule has 0 aliphatic heterocycles. The van der Waals surface area contributed by atoms with Gasteiger partial charge in [-0.05, 0) is 12.5 Å². The average molecular weight is 245 g/mol. The minimum absolute atomic E-state index is 0.145. The largest absolute Gasteiger partial charge is 0.383 e. The quantitative estimate of drug-likeness (QED) is 0.638. The lowest BCUT2D eigenvalue weighted by molar-refractivity contribution is 0.386. The first kappa shape index (κ1) is 12.6. The van der Waals surface area contributed by atoms with Gasteiger partial charge in [0.15, 0.2) is 0 Å². The molecule has 0 radical (unpaired) electrons. The summed E-state index contributed by atoms with van der Waals surface area (Å²) >= 11 is 0. The van der Waals surface area contributed by atoms with E-state index in [0.717, 1.165) is 5.82 Å². The smallest absolute Gasteiger partial charge is 0.349 e. The second-order valence-electron chi connectivity index (χ2n) is 3.09. The van der Waals surface area contributed by atoms with Gasteiger partial charge in [-0.1, -0.05) is 6.08 Å². The zero-order valence-corrected chi connectivity index (χ0v) is 9.25. The molecule has 7 nitrogen and oxygen atoms in total. The normalized spacial score (nSPS) is 12.1. The van der Waals surface area contributed by atoms with Gasteiger partial charge in [0.2, 0.25) is 0 Å². The van der Waals surface area contributed by atoms with E-state index in [1.54, 1.807) is 0 Å². The molecule has 8 heteroatoms. The van der Waals surface area contributed by atoms with Crippen LogP contribution in [0, 0.1) is 0 Å². The van der Waals surface area contributed by atoms with E-state index in [1.807, 2.05) is 0 Å². The molecule has 0 aliphatic carbocycles. The minimum atomic E-state index is -4.11. The standard InChI is InChI=1S/C8H12N3O4P/c9-7-3-5-11(8(12)10-7)4-1-2-6-16(13,14)15/h2-3,5-6H,1,4H2,(H2,9,10,12)(H2,13,14,15). The van der Waals surface area contributed by atoms with E-state index in [2.05, 4.69) is 4.98 Å². The number of rotatable bonds is 4. The molecule has 0 saturated heterocycles. The molecule has 0 aromatic carbocycles. The number of allylic oxidation sites excluding steroid dienone is 1. The van der Waals surface area contributed by atoms with Crippen LogP contribution in [0.1, 0.15) is 6.42 Å². The van der Waals surface area contributed by atoms with Crippen LogP contribution in [0.25, 0.3) is 0 Å². The summed E-state index contributed by atoms with van der Waals surface area (Å²) in [6.07, 6.45) is 3.14. The number of anilines is 1. The van der Waals surface area contributed by atoms with Crippen molar-refractivity contribution in [3.8, 4) is 0 Å². The monoisotopic (exact) mass is 245 g/mol. The fourth-order valence-electron chi connectivity index (χ4n) is 1.04. The summed E-state index contributed by atoms with van der Waals surface area (Å²) in [6.45, 7) is 0.294. The molecule has 1 rings (SSSR count). The topological polar surface area (TPSA) is 118 Å². The summed E-state index contributed by atoms with van der Waals surface area (Å²) in [6, 6.07) is 1.48. The summed E-state index contributed by atoms with van der Waals surface area (Å²) in [7, 11) is -4.11. The number of nitrogen functional groups attached to an aromatic ring is 1. The minimum Gasteiger partial charge on any atom is -0.383 e. The maximum atomic E-state index is 11.2. The fourth-order valence-corrected chi connectivity index (χ4v) is 1.46. The molecule has 16 heavy (non-hydrogen) atoms. The molecule has 0 aliphatic rings. The zero-order chi connectivity index (χ0) is 12.2. The molecule has 0 fully saturated rings. The van der Waals surface area contributed by atoms with Gasteiger partial charge in [-0.15, -0.1) is 0 Å². The lowest BCUT2D eigenvalue weighted by Crippen LogP contribution is -2.22. The Morgan fingerprint density at radius 1 is 1.56 bits per heavy atom. The van der Waals surface area contributed by atoms with Crippen LogP contribution < -0.4 is 11.4 Å². The summed E-state index contributed by atoms with van der Waals surface area (Å²) in [5, 5.41) is 0. The number of hydrogen-bond donors (Lipinski definition) is 3. The van der Waals surface area contributed by atoms with Gasteiger partial charge in [0.05, 0.1) is 0 Å². The second kappa shape index (κ2) is 5.07. The van der Waals surface area contributed by atoms with E-state index in [1.165, 1.54) is 22.9 Å². The van der Waals surface area contributed by atoms with Crippen LogP contribution in [0.2, 0.25) is 0 Å². The van der Waals surface area contributed by atoms with Crippen molar-refractivity contribution in [1.29, 1.82) is 0 Å². The maximum absolute atomic E-state index is 11.2. The van der Waals surface area contributed by atoms with Gasteiger partial charge >= 0.3 is 13.3 Å². The van der Waals surface area contributed by atoms with Crippen LogP contribution >= 0.6 is 7.60 Å². The van der Waals surface area contributed by atoms with Crippen molar-refractivity contribution in [1.82, 2.24) is 9.55 Å². The van der Waals surface area contributed by atoms with E-state index in [-0.39, 0.29) is 5.82 Å². The van der Waals surface area contributed by atoms with E-state index in [9.17, 15) is 9.36 Å². The number of aryl methyl sites for hydroxylation is 1. The fraction of sp³-hybridized carbons (Fsp3) is 0.250. The van der Waals surface area contributed by atoms with Gasteiger partial charge in [-0.2, -0.15) is 4.98 Å². The third-order valence-corrected chi connectivity index (χ3v) is 2.33. The van der Waals surface area contributed by atoms with E-state index in [4.69, 9.17) is 15.5 Å². The van der Waals surface area contributed by atoms with Gasteiger partial charge in [-0.3, -0.25) is 9.13 Å². The lowest BCUT2D eigenvalue weighted by atomic mass is 10.4. The molecule has 0 spiro atoms. The molecule has 0 amide bonds. The zero-order valence-electron chi connectivity index (χ0n) is 8.35. The number of aromatic nitrogens is 2. The Hall–Kier alpha value is -1.43. The van der Waals surface area contributed by atoms with Crippen LogP contribution in [0.15, 0.2) is 29.0 Å². The number of hydrogen-bond acceptors (Lipinski definition) is 4. The van der Waals surface area contributed by atoms with E-state index < -0.39 is 13.3 Å². The highest BCUT2D eigenvalue weighted by atomic mass is 31.2. The van der Waals surface area contributed by atoms with Gasteiger partial charge in [0.25, 0.3) is 0 Å². The van der Waals surface area contributed by atoms with Crippen molar-refractivity contribution in [2.45, 2.75) is 13.0 Å². The molecule has 0 atom stereocenters. The number of nitrogens with two attached hydrogens (primary N) is 1. The summed E-state index contributed by atoms with van der Waals surface area (Å²) < 4.78 is 11.8. The summed E-state index contributed by atoms with van der Waals surface area (Å²) in [5.74, 6) is 0.954. The predicted octanol–water partition coefficient (Wildman–Crippen LogP) is -0.0930. The maximum Gasteiger partial charge on any atom is 0.349 e. The highest BCUT2D eigenvalue weighted by molar-refractivity contribution is 7.55. The van der Waals surface area contributed by atoms with E-state index >= 15 is 0 Å². The van der Waals surface area contributed by atoms with Crippen molar-refractivity contribution in [2.75, 3.05) is 5.73 Å². The summed E-state index contributed by atoms with van der Waals surface area (Å²) in [4.78, 5) is 31.8. The first-order chi connectivity index (χ1) is 7.38. The van der Waals surface area contributed by atoms with Crippen LogP contribution in [0.5, 0.6) is 0 Å². The van der Waals surface area contributed by atoms with Gasteiger partial charge in [-0.25, -0.2) is 4.79 Å². The first-order valence-corrected chi connectivity index (χ1v) is 6.12. The molecule has 1 heterocycles. The Bertz CT molecular complexity index is 490. The highest BCUT2D eigenvalue weighted by Gasteiger charge is 2.04. The first-order valence-electron chi connectivity index (χ1n) is 4.44. The van der Waals surface area contributed by atoms with Crippen molar-refractivity contribution in [3.63, 3.8) is 0 Å². The van der Waals surface area contributed by atoms with Gasteiger partial charge in [0.1, 0.15) is 5.82 Å².